The maximum absolute atomic E-state index is 9.80. The summed E-state index contributed by atoms with van der Waals surface area (Å²) in [4.78, 5) is 4.60. The summed E-state index contributed by atoms with van der Waals surface area (Å²) in [5.41, 5.74) is 11.8. The van der Waals surface area contributed by atoms with E-state index in [1.165, 1.54) is 12.8 Å². The second-order valence-electron chi connectivity index (χ2n) is 10.5. The first-order valence-corrected chi connectivity index (χ1v) is 13.5. The van der Waals surface area contributed by atoms with Crippen molar-refractivity contribution < 1.29 is 0 Å². The maximum atomic E-state index is 9.80. The van der Waals surface area contributed by atoms with Gasteiger partial charge in [-0.05, 0) is 64.6 Å². The molecule has 1 aromatic heterocycles. The van der Waals surface area contributed by atoms with E-state index in [9.17, 15) is 5.26 Å². The number of nitrogens with one attached hydrogen (secondary N) is 4. The minimum absolute atomic E-state index is 0.0571. The Morgan fingerprint density at radius 3 is 2.75 bits per heavy atom. The van der Waals surface area contributed by atoms with Crippen molar-refractivity contribution in [2.45, 2.75) is 45.7 Å². The molecule has 7 nitrogen and oxygen atoms in total. The zero-order chi connectivity index (χ0) is 25.4. The predicted molar refractivity (Wildman–Crippen MR) is 154 cm³/mol. The Morgan fingerprint density at radius 1 is 1.28 bits per heavy atom. The Balaban J connectivity index is 1.57. The van der Waals surface area contributed by atoms with Crippen molar-refractivity contribution >= 4 is 56.5 Å². The number of hydrogen-bond acceptors (Lipinski definition) is 7. The van der Waals surface area contributed by atoms with Gasteiger partial charge in [-0.3, -0.25) is 9.99 Å². The summed E-state index contributed by atoms with van der Waals surface area (Å²) in [6.45, 7) is 7.24. The Hall–Kier alpha value is -2.74. The number of aromatic nitrogens is 1. The standard InChI is InChI=1S/C27H29ClIN7/c1-27(2,3)15-32-24-16(12-30)13-31-25-20(24)10-17(11-22(25)29)33-26(19-6-4-5-7-21(19)28)23-14-36(35-34-23)18-8-9-18/h4-7,10-11,13-14,18,26,33-35H,8-9,15H2,1-3H3,(H,31,32)/t26-/m0/s1. The minimum Gasteiger partial charge on any atom is -0.383 e. The summed E-state index contributed by atoms with van der Waals surface area (Å²) < 4.78 is 1.000. The van der Waals surface area contributed by atoms with Gasteiger partial charge in [0.2, 0.25) is 0 Å². The molecule has 0 spiro atoms. The molecule has 0 amide bonds. The van der Waals surface area contributed by atoms with Crippen molar-refractivity contribution in [1.82, 2.24) is 21.0 Å². The summed E-state index contributed by atoms with van der Waals surface area (Å²) in [5, 5.41) is 20.8. The topological polar surface area (TPSA) is 88.0 Å². The summed E-state index contributed by atoms with van der Waals surface area (Å²) in [7, 11) is 0. The summed E-state index contributed by atoms with van der Waals surface area (Å²) in [6, 6.07) is 14.7. The molecule has 36 heavy (non-hydrogen) atoms. The molecule has 0 unspecified atom stereocenters. The van der Waals surface area contributed by atoms with Crippen molar-refractivity contribution in [3.8, 4) is 6.07 Å². The lowest BCUT2D eigenvalue weighted by molar-refractivity contribution is 0.260. The van der Waals surface area contributed by atoms with Crippen LogP contribution >= 0.6 is 34.2 Å². The molecule has 0 bridgehead atoms. The van der Waals surface area contributed by atoms with E-state index in [4.69, 9.17) is 11.6 Å². The van der Waals surface area contributed by atoms with Gasteiger partial charge in [-0.2, -0.15) is 5.26 Å². The van der Waals surface area contributed by atoms with Gasteiger partial charge in [-0.1, -0.05) is 50.6 Å². The monoisotopic (exact) mass is 613 g/mol. The molecule has 4 N–H and O–H groups in total. The molecular weight excluding hydrogens is 585 g/mol. The van der Waals surface area contributed by atoms with Crippen LogP contribution in [0.5, 0.6) is 0 Å². The largest absolute Gasteiger partial charge is 0.383 e. The second kappa shape index (κ2) is 9.96. The quantitative estimate of drug-likeness (QED) is 0.233. The molecule has 1 atom stereocenters. The second-order valence-corrected chi connectivity index (χ2v) is 12.1. The molecule has 1 aliphatic carbocycles. The number of hydrogen-bond donors (Lipinski definition) is 4. The van der Waals surface area contributed by atoms with Crippen LogP contribution in [0.4, 0.5) is 11.4 Å². The molecule has 1 aliphatic heterocycles. The third kappa shape index (κ3) is 5.33. The van der Waals surface area contributed by atoms with Gasteiger partial charge in [0.1, 0.15) is 6.07 Å². The fourth-order valence-corrected chi connectivity index (χ4v) is 5.22. The smallest absolute Gasteiger partial charge is 0.103 e. The number of nitrogens with zero attached hydrogens (tertiary/aromatic N) is 3. The molecule has 5 rings (SSSR count). The molecule has 2 aliphatic rings. The number of hydrazine groups is 2. The van der Waals surface area contributed by atoms with Gasteiger partial charge < -0.3 is 16.1 Å². The van der Waals surface area contributed by atoms with E-state index in [0.29, 0.717) is 16.6 Å². The van der Waals surface area contributed by atoms with Gasteiger partial charge in [0.25, 0.3) is 0 Å². The summed E-state index contributed by atoms with van der Waals surface area (Å²) in [6.07, 6.45) is 6.14. The highest BCUT2D eigenvalue weighted by molar-refractivity contribution is 14.1. The summed E-state index contributed by atoms with van der Waals surface area (Å²) in [5.74, 6) is 0. The lowest BCUT2D eigenvalue weighted by Gasteiger charge is -2.24. The number of nitriles is 1. The molecule has 0 radical (unpaired) electrons. The van der Waals surface area contributed by atoms with Crippen LogP contribution in [0.3, 0.4) is 0 Å². The van der Waals surface area contributed by atoms with Crippen LogP contribution in [0.15, 0.2) is 54.5 Å². The fourth-order valence-electron chi connectivity index (χ4n) is 4.21. The van der Waals surface area contributed by atoms with Crippen molar-refractivity contribution in [2.75, 3.05) is 17.2 Å². The van der Waals surface area contributed by atoms with Gasteiger partial charge >= 0.3 is 0 Å². The first-order valence-electron chi connectivity index (χ1n) is 12.0. The average molecular weight is 614 g/mol. The van der Waals surface area contributed by atoms with Crippen LogP contribution in [-0.4, -0.2) is 22.6 Å². The molecular formula is C27H29ClIN7. The molecule has 1 saturated carbocycles. The van der Waals surface area contributed by atoms with E-state index in [2.05, 4.69) is 99.4 Å². The molecule has 186 valence electrons. The minimum atomic E-state index is -0.207. The molecule has 9 heteroatoms. The molecule has 3 aromatic rings. The molecule has 0 saturated heterocycles. The normalized spacial score (nSPS) is 16.3. The van der Waals surface area contributed by atoms with E-state index in [0.717, 1.165) is 43.7 Å². The third-order valence-electron chi connectivity index (χ3n) is 6.23. The van der Waals surface area contributed by atoms with Crippen molar-refractivity contribution in [3.63, 3.8) is 0 Å². The van der Waals surface area contributed by atoms with Gasteiger partial charge in [0.05, 0.1) is 28.5 Å². The maximum Gasteiger partial charge on any atom is 0.103 e. The van der Waals surface area contributed by atoms with Gasteiger partial charge in [0, 0.05) is 44.6 Å². The van der Waals surface area contributed by atoms with Crippen LogP contribution in [0.2, 0.25) is 5.02 Å². The van der Waals surface area contributed by atoms with E-state index in [1.807, 2.05) is 24.3 Å². The highest BCUT2D eigenvalue weighted by Crippen LogP contribution is 2.37. The Morgan fingerprint density at radius 2 is 2.06 bits per heavy atom. The SMILES string of the molecule is CC(C)(C)CNc1c(C#N)cnc2c(I)cc(N[C@H](C3=CN(C4CC4)NN3)c3ccccc3Cl)cc12. The summed E-state index contributed by atoms with van der Waals surface area (Å²) >= 11 is 8.98. The average Bonchev–Trinajstić information content (AvgIpc) is 3.57. The Bertz CT molecular complexity index is 1370. The van der Waals surface area contributed by atoms with Crippen LogP contribution < -0.4 is 21.6 Å². The van der Waals surface area contributed by atoms with Crippen LogP contribution in [-0.2, 0) is 0 Å². The number of anilines is 2. The highest BCUT2D eigenvalue weighted by Gasteiger charge is 2.32. The van der Waals surface area contributed by atoms with E-state index in [-0.39, 0.29) is 11.5 Å². The number of halogens is 2. The van der Waals surface area contributed by atoms with Crippen LogP contribution in [0.1, 0.15) is 50.8 Å². The fraction of sp³-hybridized carbons (Fsp3) is 0.333. The number of pyridine rings is 1. The lowest BCUT2D eigenvalue weighted by atomic mass is 9.96. The first kappa shape index (κ1) is 24.9. The van der Waals surface area contributed by atoms with Crippen LogP contribution in [0, 0.1) is 20.3 Å². The zero-order valence-corrected chi connectivity index (χ0v) is 23.4. The van der Waals surface area contributed by atoms with E-state index in [1.54, 1.807) is 6.20 Å². The molecule has 2 heterocycles. The van der Waals surface area contributed by atoms with Gasteiger partial charge in [-0.15, -0.1) is 5.53 Å². The predicted octanol–water partition coefficient (Wildman–Crippen LogP) is 6.30. The van der Waals surface area contributed by atoms with Crippen molar-refractivity contribution in [3.05, 3.63) is 74.2 Å². The van der Waals surface area contributed by atoms with E-state index >= 15 is 0 Å². The van der Waals surface area contributed by atoms with Crippen LogP contribution in [0.25, 0.3) is 10.9 Å². The van der Waals surface area contributed by atoms with Crippen molar-refractivity contribution in [2.24, 2.45) is 5.41 Å². The van der Waals surface area contributed by atoms with Gasteiger partial charge in [0.15, 0.2) is 0 Å². The van der Waals surface area contributed by atoms with Gasteiger partial charge in [-0.25, -0.2) is 0 Å². The third-order valence-corrected chi connectivity index (χ3v) is 7.39. The highest BCUT2D eigenvalue weighted by atomic mass is 127. The molecule has 2 aromatic carbocycles. The lowest BCUT2D eigenvalue weighted by Crippen LogP contribution is -2.38. The van der Waals surface area contributed by atoms with Crippen molar-refractivity contribution in [1.29, 1.82) is 5.26 Å². The Labute approximate surface area is 230 Å². The number of rotatable bonds is 7. The van der Waals surface area contributed by atoms with E-state index < -0.39 is 0 Å². The number of fused-ring (bicyclic) bond motifs is 1. The Kier molecular flexibility index (Phi) is 6.90. The zero-order valence-electron chi connectivity index (χ0n) is 20.5. The molecule has 1 fully saturated rings. The number of benzene rings is 2. The first-order chi connectivity index (χ1) is 17.2.